The van der Waals surface area contributed by atoms with Gasteiger partial charge in [0.05, 0.1) is 6.61 Å². The van der Waals surface area contributed by atoms with Gasteiger partial charge >= 0.3 is 5.97 Å². The summed E-state index contributed by atoms with van der Waals surface area (Å²) < 4.78 is 5.38. The van der Waals surface area contributed by atoms with Crippen LogP contribution in [-0.2, 0) is 16.1 Å². The maximum absolute atomic E-state index is 10.3. The molecule has 0 aliphatic heterocycles. The molecule has 4 heteroatoms. The van der Waals surface area contributed by atoms with Gasteiger partial charge in [-0.1, -0.05) is 6.92 Å². The van der Waals surface area contributed by atoms with Crippen molar-refractivity contribution >= 4 is 23.4 Å². The van der Waals surface area contributed by atoms with Gasteiger partial charge in [0.15, 0.2) is 0 Å². The minimum absolute atomic E-state index is 0.611. The third-order valence-corrected chi connectivity index (χ3v) is 2.61. The molecule has 0 aromatic carbocycles. The van der Waals surface area contributed by atoms with Crippen molar-refractivity contribution in [2.45, 2.75) is 20.0 Å². The minimum Gasteiger partial charge on any atom is -0.478 e. The standard InChI is InChI=1S/C11H14O3S/c1-2-5-14-7-10-6-9(8-15-10)3-4-11(12)13/h3-4,6,8H,2,5,7H2,1H3,(H,12,13). The first-order chi connectivity index (χ1) is 7.22. The molecule has 1 rings (SSSR count). The summed E-state index contributed by atoms with van der Waals surface area (Å²) in [4.78, 5) is 11.4. The molecule has 1 aromatic heterocycles. The molecule has 0 aliphatic rings. The zero-order valence-electron chi connectivity index (χ0n) is 8.60. The highest BCUT2D eigenvalue weighted by Crippen LogP contribution is 2.16. The van der Waals surface area contributed by atoms with Gasteiger partial charge in [-0.15, -0.1) is 11.3 Å². The van der Waals surface area contributed by atoms with Gasteiger partial charge in [0.2, 0.25) is 0 Å². The Bertz CT molecular complexity index is 341. The molecule has 1 aromatic rings. The molecule has 15 heavy (non-hydrogen) atoms. The summed E-state index contributed by atoms with van der Waals surface area (Å²) in [5.41, 5.74) is 0.914. The molecule has 0 saturated heterocycles. The van der Waals surface area contributed by atoms with Gasteiger partial charge in [-0.25, -0.2) is 4.79 Å². The first-order valence-electron chi connectivity index (χ1n) is 4.78. The smallest absolute Gasteiger partial charge is 0.328 e. The number of ether oxygens (including phenoxy) is 1. The zero-order valence-corrected chi connectivity index (χ0v) is 9.42. The minimum atomic E-state index is -0.926. The predicted octanol–water partition coefficient (Wildman–Crippen LogP) is 2.77. The maximum Gasteiger partial charge on any atom is 0.328 e. The molecule has 0 aliphatic carbocycles. The fraction of sp³-hybridized carbons (Fsp3) is 0.364. The highest BCUT2D eigenvalue weighted by atomic mass is 32.1. The molecule has 0 radical (unpaired) electrons. The molecule has 0 saturated carbocycles. The molecule has 3 nitrogen and oxygen atoms in total. The number of carboxylic acid groups (broad SMARTS) is 1. The number of carbonyl (C=O) groups is 1. The first-order valence-corrected chi connectivity index (χ1v) is 5.66. The van der Waals surface area contributed by atoms with E-state index in [1.165, 1.54) is 0 Å². The van der Waals surface area contributed by atoms with Crippen LogP contribution in [0.4, 0.5) is 0 Å². The van der Waals surface area contributed by atoms with Gasteiger partial charge in [-0.05, 0) is 29.5 Å². The van der Waals surface area contributed by atoms with Crippen LogP contribution in [0.1, 0.15) is 23.8 Å². The van der Waals surface area contributed by atoms with E-state index < -0.39 is 5.97 Å². The second-order valence-corrected chi connectivity index (χ2v) is 4.07. The second-order valence-electron chi connectivity index (χ2n) is 3.07. The van der Waals surface area contributed by atoms with Gasteiger partial charge in [-0.3, -0.25) is 0 Å². The van der Waals surface area contributed by atoms with Crippen LogP contribution in [0.25, 0.3) is 6.08 Å². The Kier molecular flexibility index (Phi) is 5.07. The lowest BCUT2D eigenvalue weighted by atomic mass is 10.3. The lowest BCUT2D eigenvalue weighted by Gasteiger charge is -1.97. The normalized spacial score (nSPS) is 11.0. The van der Waals surface area contributed by atoms with E-state index in [2.05, 4.69) is 6.92 Å². The molecule has 0 atom stereocenters. The van der Waals surface area contributed by atoms with Gasteiger partial charge in [0, 0.05) is 17.6 Å². The van der Waals surface area contributed by atoms with Gasteiger partial charge in [0.1, 0.15) is 0 Å². The van der Waals surface area contributed by atoms with Crippen molar-refractivity contribution in [3.05, 3.63) is 28.0 Å². The van der Waals surface area contributed by atoms with Crippen molar-refractivity contribution in [2.24, 2.45) is 0 Å². The van der Waals surface area contributed by atoms with Crippen molar-refractivity contribution in [3.63, 3.8) is 0 Å². The van der Waals surface area contributed by atoms with Crippen molar-refractivity contribution < 1.29 is 14.6 Å². The summed E-state index contributed by atoms with van der Waals surface area (Å²) in [6.07, 6.45) is 3.73. The van der Waals surface area contributed by atoms with Crippen LogP contribution in [-0.4, -0.2) is 17.7 Å². The Hall–Kier alpha value is -1.13. The van der Waals surface area contributed by atoms with Crippen LogP contribution in [0.3, 0.4) is 0 Å². The summed E-state index contributed by atoms with van der Waals surface area (Å²) >= 11 is 1.58. The molecule has 0 unspecified atom stereocenters. The lowest BCUT2D eigenvalue weighted by Crippen LogP contribution is -1.91. The number of aliphatic carboxylic acids is 1. The highest BCUT2D eigenvalue weighted by molar-refractivity contribution is 7.10. The average molecular weight is 226 g/mol. The lowest BCUT2D eigenvalue weighted by molar-refractivity contribution is -0.131. The van der Waals surface area contributed by atoms with Crippen molar-refractivity contribution in [1.29, 1.82) is 0 Å². The predicted molar refractivity (Wildman–Crippen MR) is 60.9 cm³/mol. The molecule has 0 bridgehead atoms. The van der Waals surface area contributed by atoms with Gasteiger partial charge in [0.25, 0.3) is 0 Å². The van der Waals surface area contributed by atoms with E-state index in [-0.39, 0.29) is 0 Å². The van der Waals surface area contributed by atoms with Crippen molar-refractivity contribution in [3.8, 4) is 0 Å². The molecular formula is C11H14O3S. The van der Waals surface area contributed by atoms with Crippen LogP contribution in [0.2, 0.25) is 0 Å². The van der Waals surface area contributed by atoms with E-state index in [1.54, 1.807) is 17.4 Å². The maximum atomic E-state index is 10.3. The third kappa shape index (κ3) is 4.76. The Balaban J connectivity index is 2.45. The number of carboxylic acids is 1. The Morgan fingerprint density at radius 2 is 2.47 bits per heavy atom. The summed E-state index contributed by atoms with van der Waals surface area (Å²) in [5.74, 6) is -0.926. The van der Waals surface area contributed by atoms with E-state index >= 15 is 0 Å². The Morgan fingerprint density at radius 1 is 1.67 bits per heavy atom. The molecule has 1 heterocycles. The molecule has 0 amide bonds. The van der Waals surface area contributed by atoms with E-state index in [0.29, 0.717) is 6.61 Å². The summed E-state index contributed by atoms with van der Waals surface area (Å²) in [5, 5.41) is 10.4. The number of hydrogen-bond donors (Lipinski definition) is 1. The van der Waals surface area contributed by atoms with Crippen LogP contribution >= 0.6 is 11.3 Å². The topological polar surface area (TPSA) is 46.5 Å². The van der Waals surface area contributed by atoms with E-state index in [1.807, 2.05) is 11.4 Å². The highest BCUT2D eigenvalue weighted by Gasteiger charge is 1.97. The number of thiophene rings is 1. The summed E-state index contributed by atoms with van der Waals surface area (Å²) in [7, 11) is 0. The molecular weight excluding hydrogens is 212 g/mol. The third-order valence-electron chi connectivity index (χ3n) is 1.69. The fourth-order valence-electron chi connectivity index (χ4n) is 1.05. The number of rotatable bonds is 6. The number of hydrogen-bond acceptors (Lipinski definition) is 3. The summed E-state index contributed by atoms with van der Waals surface area (Å²) in [6.45, 7) is 3.44. The van der Waals surface area contributed by atoms with Crippen LogP contribution in [0, 0.1) is 0 Å². The van der Waals surface area contributed by atoms with Crippen LogP contribution < -0.4 is 0 Å². The second kappa shape index (κ2) is 6.37. The molecule has 1 N–H and O–H groups in total. The van der Waals surface area contributed by atoms with Crippen molar-refractivity contribution in [1.82, 2.24) is 0 Å². The average Bonchev–Trinajstić information content (AvgIpc) is 2.63. The van der Waals surface area contributed by atoms with E-state index in [0.717, 1.165) is 29.5 Å². The van der Waals surface area contributed by atoms with E-state index in [4.69, 9.17) is 9.84 Å². The first kappa shape index (κ1) is 11.9. The Labute approximate surface area is 93.0 Å². The van der Waals surface area contributed by atoms with E-state index in [9.17, 15) is 4.79 Å². The Morgan fingerprint density at radius 3 is 3.13 bits per heavy atom. The fourth-order valence-corrected chi connectivity index (χ4v) is 1.83. The molecule has 82 valence electrons. The molecule has 0 fully saturated rings. The molecule has 0 spiro atoms. The van der Waals surface area contributed by atoms with Crippen LogP contribution in [0.5, 0.6) is 0 Å². The largest absolute Gasteiger partial charge is 0.478 e. The monoisotopic (exact) mass is 226 g/mol. The van der Waals surface area contributed by atoms with Crippen molar-refractivity contribution in [2.75, 3.05) is 6.61 Å². The zero-order chi connectivity index (χ0) is 11.1. The van der Waals surface area contributed by atoms with Gasteiger partial charge in [-0.2, -0.15) is 0 Å². The van der Waals surface area contributed by atoms with Crippen LogP contribution in [0.15, 0.2) is 17.5 Å². The quantitative estimate of drug-likeness (QED) is 0.599. The van der Waals surface area contributed by atoms with Gasteiger partial charge < -0.3 is 9.84 Å². The summed E-state index contributed by atoms with van der Waals surface area (Å²) in [6, 6.07) is 1.94. The SMILES string of the molecule is CCCOCc1cc(C=CC(=O)O)cs1.